The van der Waals surface area contributed by atoms with Crippen molar-refractivity contribution in [3.8, 4) is 5.75 Å². The van der Waals surface area contributed by atoms with Gasteiger partial charge in [0, 0.05) is 6.07 Å². The molecule has 0 aliphatic carbocycles. The standard InChI is InChI=1S/C13H11BrFN3O3/c14-10-6-9(2-3-11(10)15)21-7-8-1-4-12(17-16)13(5-8)18(19)20/h1-6,17H,7,16H2. The summed E-state index contributed by atoms with van der Waals surface area (Å²) in [5.74, 6) is 5.27. The predicted molar refractivity (Wildman–Crippen MR) is 79.3 cm³/mol. The van der Waals surface area contributed by atoms with Crippen LogP contribution in [0.1, 0.15) is 5.56 Å². The van der Waals surface area contributed by atoms with Crippen molar-refractivity contribution < 1.29 is 14.1 Å². The van der Waals surface area contributed by atoms with Gasteiger partial charge in [0.05, 0.1) is 9.40 Å². The Morgan fingerprint density at radius 3 is 2.71 bits per heavy atom. The van der Waals surface area contributed by atoms with E-state index < -0.39 is 10.7 Å². The van der Waals surface area contributed by atoms with Crippen LogP contribution in [0, 0.1) is 15.9 Å². The number of halogens is 2. The van der Waals surface area contributed by atoms with E-state index >= 15 is 0 Å². The number of nitrogen functional groups attached to an aromatic ring is 1. The maximum atomic E-state index is 13.1. The molecule has 21 heavy (non-hydrogen) atoms. The number of nitrogens with zero attached hydrogens (tertiary/aromatic N) is 1. The van der Waals surface area contributed by atoms with Gasteiger partial charge >= 0.3 is 0 Å². The number of anilines is 1. The van der Waals surface area contributed by atoms with Crippen LogP contribution < -0.4 is 16.0 Å². The van der Waals surface area contributed by atoms with Crippen LogP contribution in [-0.4, -0.2) is 4.92 Å². The van der Waals surface area contributed by atoms with Crippen LogP contribution >= 0.6 is 15.9 Å². The van der Waals surface area contributed by atoms with Gasteiger partial charge in [0.1, 0.15) is 23.9 Å². The van der Waals surface area contributed by atoms with Gasteiger partial charge in [-0.1, -0.05) is 6.07 Å². The Morgan fingerprint density at radius 1 is 1.33 bits per heavy atom. The van der Waals surface area contributed by atoms with Crippen molar-refractivity contribution in [1.29, 1.82) is 0 Å². The molecule has 8 heteroatoms. The molecule has 0 spiro atoms. The van der Waals surface area contributed by atoms with E-state index in [1.807, 2.05) is 0 Å². The molecule has 3 N–H and O–H groups in total. The van der Waals surface area contributed by atoms with Crippen LogP contribution in [0.5, 0.6) is 5.75 Å². The Balaban J connectivity index is 2.14. The highest BCUT2D eigenvalue weighted by Crippen LogP contribution is 2.26. The minimum Gasteiger partial charge on any atom is -0.489 e. The summed E-state index contributed by atoms with van der Waals surface area (Å²) >= 11 is 3.06. The number of nitrogens with one attached hydrogen (secondary N) is 1. The number of benzene rings is 2. The Labute approximate surface area is 128 Å². The lowest BCUT2D eigenvalue weighted by molar-refractivity contribution is -0.384. The van der Waals surface area contributed by atoms with E-state index in [4.69, 9.17) is 10.6 Å². The number of hydrazine groups is 1. The van der Waals surface area contributed by atoms with Gasteiger partial charge in [-0.2, -0.15) is 0 Å². The summed E-state index contributed by atoms with van der Waals surface area (Å²) in [4.78, 5) is 10.4. The zero-order valence-corrected chi connectivity index (χ0v) is 12.3. The van der Waals surface area contributed by atoms with Crippen LogP contribution in [0.15, 0.2) is 40.9 Å². The molecule has 2 aromatic rings. The molecule has 110 valence electrons. The maximum absolute atomic E-state index is 13.1. The Bertz CT molecular complexity index is 682. The maximum Gasteiger partial charge on any atom is 0.294 e. The van der Waals surface area contributed by atoms with Crippen LogP contribution in [0.25, 0.3) is 0 Å². The molecule has 0 heterocycles. The topological polar surface area (TPSA) is 90.4 Å². The first-order valence-corrected chi connectivity index (χ1v) is 6.62. The molecule has 0 radical (unpaired) electrons. The number of hydrogen-bond acceptors (Lipinski definition) is 5. The van der Waals surface area contributed by atoms with Gasteiger partial charge in [0.2, 0.25) is 0 Å². The second kappa shape index (κ2) is 6.51. The minimum absolute atomic E-state index is 0.115. The summed E-state index contributed by atoms with van der Waals surface area (Å²) in [5, 5.41) is 10.9. The third-order valence-corrected chi connectivity index (χ3v) is 3.32. The zero-order chi connectivity index (χ0) is 15.4. The number of hydrogen-bond donors (Lipinski definition) is 2. The zero-order valence-electron chi connectivity index (χ0n) is 10.7. The summed E-state index contributed by atoms with van der Waals surface area (Å²) in [6.45, 7) is 0.115. The lowest BCUT2D eigenvalue weighted by Crippen LogP contribution is -2.09. The van der Waals surface area contributed by atoms with Crippen molar-refractivity contribution in [2.45, 2.75) is 6.61 Å². The SMILES string of the molecule is NNc1ccc(COc2ccc(F)c(Br)c2)cc1[N+](=O)[O-]. The molecule has 0 saturated heterocycles. The van der Waals surface area contributed by atoms with Crippen molar-refractivity contribution >= 4 is 27.3 Å². The fourth-order valence-electron chi connectivity index (χ4n) is 1.67. The summed E-state index contributed by atoms with van der Waals surface area (Å²) in [7, 11) is 0. The molecule has 0 amide bonds. The fraction of sp³-hybridized carbons (Fsp3) is 0.0769. The van der Waals surface area contributed by atoms with Gasteiger partial charge in [-0.05, 0) is 45.8 Å². The van der Waals surface area contributed by atoms with Gasteiger partial charge in [0.15, 0.2) is 0 Å². The summed E-state index contributed by atoms with van der Waals surface area (Å²) in [6.07, 6.45) is 0. The van der Waals surface area contributed by atoms with Crippen molar-refractivity contribution in [3.05, 3.63) is 62.4 Å². The van der Waals surface area contributed by atoms with E-state index in [1.165, 1.54) is 30.3 Å². The summed E-state index contributed by atoms with van der Waals surface area (Å²) in [5.41, 5.74) is 2.94. The highest BCUT2D eigenvalue weighted by molar-refractivity contribution is 9.10. The minimum atomic E-state index is -0.535. The summed E-state index contributed by atoms with van der Waals surface area (Å²) in [6, 6.07) is 8.75. The van der Waals surface area contributed by atoms with Crippen LogP contribution in [0.3, 0.4) is 0 Å². The molecule has 0 unspecified atom stereocenters. The van der Waals surface area contributed by atoms with Crippen molar-refractivity contribution in [2.75, 3.05) is 5.43 Å². The molecule has 6 nitrogen and oxygen atoms in total. The third kappa shape index (κ3) is 3.67. The molecular weight excluding hydrogens is 345 g/mol. The van der Waals surface area contributed by atoms with Gasteiger partial charge in [-0.3, -0.25) is 16.0 Å². The number of nitrogens with two attached hydrogens (primary N) is 1. The molecule has 2 aromatic carbocycles. The molecule has 0 bridgehead atoms. The first kappa shape index (κ1) is 15.2. The Hall–Kier alpha value is -2.19. The van der Waals surface area contributed by atoms with E-state index in [0.29, 0.717) is 11.3 Å². The number of nitro groups is 1. The number of rotatable bonds is 5. The Kier molecular flexibility index (Phi) is 4.71. The van der Waals surface area contributed by atoms with Gasteiger partial charge in [0.25, 0.3) is 5.69 Å². The highest BCUT2D eigenvalue weighted by Gasteiger charge is 2.14. The van der Waals surface area contributed by atoms with Crippen LogP contribution in [-0.2, 0) is 6.61 Å². The van der Waals surface area contributed by atoms with Crippen molar-refractivity contribution in [1.82, 2.24) is 0 Å². The molecule has 0 aliphatic heterocycles. The average Bonchev–Trinajstić information content (AvgIpc) is 2.48. The highest BCUT2D eigenvalue weighted by atomic mass is 79.9. The average molecular weight is 356 g/mol. The monoisotopic (exact) mass is 355 g/mol. The van der Waals surface area contributed by atoms with E-state index in [9.17, 15) is 14.5 Å². The smallest absolute Gasteiger partial charge is 0.294 e. The number of nitro benzene ring substituents is 1. The second-order valence-corrected chi connectivity index (χ2v) is 4.97. The second-order valence-electron chi connectivity index (χ2n) is 4.12. The van der Waals surface area contributed by atoms with Gasteiger partial charge in [-0.15, -0.1) is 0 Å². The van der Waals surface area contributed by atoms with Crippen molar-refractivity contribution in [3.63, 3.8) is 0 Å². The normalized spacial score (nSPS) is 10.2. The Morgan fingerprint density at radius 2 is 2.10 bits per heavy atom. The molecule has 0 saturated carbocycles. The molecule has 0 atom stereocenters. The van der Waals surface area contributed by atoms with Gasteiger partial charge in [-0.25, -0.2) is 4.39 Å². The molecule has 0 aliphatic rings. The predicted octanol–water partition coefficient (Wildman–Crippen LogP) is 3.36. The van der Waals surface area contributed by atoms with Crippen LogP contribution in [0.2, 0.25) is 0 Å². The first-order chi connectivity index (χ1) is 10.0. The third-order valence-electron chi connectivity index (χ3n) is 2.71. The van der Waals surface area contributed by atoms with Gasteiger partial charge < -0.3 is 10.2 Å². The largest absolute Gasteiger partial charge is 0.489 e. The fourth-order valence-corrected chi connectivity index (χ4v) is 2.03. The number of ether oxygens (including phenoxy) is 1. The quantitative estimate of drug-likeness (QED) is 0.487. The van der Waals surface area contributed by atoms with E-state index in [1.54, 1.807) is 6.07 Å². The molecule has 0 aromatic heterocycles. The van der Waals surface area contributed by atoms with E-state index in [-0.39, 0.29) is 22.5 Å². The van der Waals surface area contributed by atoms with Crippen LogP contribution in [0.4, 0.5) is 15.8 Å². The van der Waals surface area contributed by atoms with E-state index in [2.05, 4.69) is 21.4 Å². The molecular formula is C13H11BrFN3O3. The first-order valence-electron chi connectivity index (χ1n) is 5.83. The lowest BCUT2D eigenvalue weighted by Gasteiger charge is -2.08. The summed E-state index contributed by atoms with van der Waals surface area (Å²) < 4.78 is 18.8. The lowest BCUT2D eigenvalue weighted by atomic mass is 10.2. The van der Waals surface area contributed by atoms with E-state index in [0.717, 1.165) is 0 Å². The van der Waals surface area contributed by atoms with Crippen molar-refractivity contribution in [2.24, 2.45) is 5.84 Å². The molecule has 0 fully saturated rings. The molecule has 2 rings (SSSR count).